The van der Waals surface area contributed by atoms with Crippen LogP contribution in [-0.4, -0.2) is 28.0 Å². The Hall–Kier alpha value is -0.610. The molecule has 0 amide bonds. The zero-order chi connectivity index (χ0) is 12.4. The summed E-state index contributed by atoms with van der Waals surface area (Å²) in [6.07, 6.45) is 2.33. The molecule has 0 aromatic carbocycles. The molecule has 0 atom stereocenters. The monoisotopic (exact) mass is 274 g/mol. The van der Waals surface area contributed by atoms with Crippen molar-refractivity contribution >= 4 is 29.2 Å². The lowest BCUT2D eigenvalue weighted by Gasteiger charge is -2.33. The Morgan fingerprint density at radius 2 is 1.59 bits per heavy atom. The second-order valence-corrected chi connectivity index (χ2v) is 5.42. The van der Waals surface area contributed by atoms with E-state index in [2.05, 4.69) is 33.7 Å². The molecule has 0 radical (unpaired) electrons. The zero-order valence-corrected chi connectivity index (χ0v) is 11.5. The van der Waals surface area contributed by atoms with Gasteiger partial charge in [0.25, 0.3) is 0 Å². The number of piperidine rings is 1. The quantitative estimate of drug-likeness (QED) is 0.832. The maximum Gasteiger partial charge on any atom is 0.230 e. The van der Waals surface area contributed by atoms with Crippen molar-refractivity contribution in [2.45, 2.75) is 26.7 Å². The van der Waals surface area contributed by atoms with Crippen molar-refractivity contribution < 1.29 is 0 Å². The highest BCUT2D eigenvalue weighted by molar-refractivity contribution is 6.31. The molecule has 2 heterocycles. The van der Waals surface area contributed by atoms with Gasteiger partial charge in [0, 0.05) is 13.1 Å². The van der Waals surface area contributed by atoms with E-state index in [0.717, 1.165) is 24.9 Å². The van der Waals surface area contributed by atoms with Crippen LogP contribution in [0.5, 0.6) is 0 Å². The molecule has 0 spiro atoms. The number of hydrogen-bond donors (Lipinski definition) is 0. The minimum Gasteiger partial charge on any atom is -0.341 e. The van der Waals surface area contributed by atoms with Crippen LogP contribution >= 0.6 is 23.2 Å². The van der Waals surface area contributed by atoms with Crippen molar-refractivity contribution in [2.75, 3.05) is 18.0 Å². The van der Waals surface area contributed by atoms with Gasteiger partial charge in [0.1, 0.15) is 0 Å². The molecule has 2 rings (SSSR count). The molecule has 1 aliphatic heterocycles. The van der Waals surface area contributed by atoms with Crippen molar-refractivity contribution in [3.05, 3.63) is 10.6 Å². The smallest absolute Gasteiger partial charge is 0.230 e. The van der Waals surface area contributed by atoms with Gasteiger partial charge >= 0.3 is 0 Å². The third kappa shape index (κ3) is 3.19. The largest absolute Gasteiger partial charge is 0.341 e. The Morgan fingerprint density at radius 3 is 2.06 bits per heavy atom. The molecule has 6 heteroatoms. The Kier molecular flexibility index (Phi) is 4.05. The highest BCUT2D eigenvalue weighted by Crippen LogP contribution is 2.26. The molecule has 1 aromatic rings. The van der Waals surface area contributed by atoms with E-state index in [1.165, 1.54) is 12.8 Å². The summed E-state index contributed by atoms with van der Waals surface area (Å²) in [7, 11) is 0. The summed E-state index contributed by atoms with van der Waals surface area (Å²) in [6.45, 7) is 6.47. The summed E-state index contributed by atoms with van der Waals surface area (Å²) in [5, 5.41) is 0.317. The SMILES string of the molecule is CC(C)C1CCN(c2nc(Cl)nc(Cl)n2)CC1. The molecule has 1 fully saturated rings. The number of nitrogens with zero attached hydrogens (tertiary/aromatic N) is 4. The van der Waals surface area contributed by atoms with Crippen LogP contribution in [0.2, 0.25) is 10.6 Å². The van der Waals surface area contributed by atoms with Gasteiger partial charge in [-0.05, 0) is 47.9 Å². The molecule has 0 N–H and O–H groups in total. The van der Waals surface area contributed by atoms with Crippen LogP contribution in [0.4, 0.5) is 5.95 Å². The highest BCUT2D eigenvalue weighted by atomic mass is 35.5. The first kappa shape index (κ1) is 12.8. The molecular weight excluding hydrogens is 259 g/mol. The van der Waals surface area contributed by atoms with Crippen LogP contribution in [0.3, 0.4) is 0 Å². The van der Waals surface area contributed by atoms with Crippen LogP contribution in [-0.2, 0) is 0 Å². The first-order valence-electron chi connectivity index (χ1n) is 5.88. The fraction of sp³-hybridized carbons (Fsp3) is 0.727. The minimum atomic E-state index is 0.158. The fourth-order valence-corrected chi connectivity index (χ4v) is 2.58. The van der Waals surface area contributed by atoms with Gasteiger partial charge in [-0.3, -0.25) is 0 Å². The summed E-state index contributed by atoms with van der Waals surface area (Å²) in [4.78, 5) is 14.1. The molecule has 1 saturated heterocycles. The van der Waals surface area contributed by atoms with E-state index in [9.17, 15) is 0 Å². The van der Waals surface area contributed by atoms with Crippen LogP contribution < -0.4 is 4.90 Å². The topological polar surface area (TPSA) is 41.9 Å². The number of hydrogen-bond acceptors (Lipinski definition) is 4. The fourth-order valence-electron chi connectivity index (χ4n) is 2.22. The van der Waals surface area contributed by atoms with Gasteiger partial charge in [-0.25, -0.2) is 0 Å². The van der Waals surface area contributed by atoms with Crippen LogP contribution in [0.1, 0.15) is 26.7 Å². The second kappa shape index (κ2) is 5.36. The molecule has 4 nitrogen and oxygen atoms in total. The normalized spacial score (nSPS) is 17.8. The van der Waals surface area contributed by atoms with Crippen LogP contribution in [0.25, 0.3) is 0 Å². The Bertz CT molecular complexity index is 369. The molecular formula is C11H16Cl2N4. The van der Waals surface area contributed by atoms with Gasteiger partial charge < -0.3 is 4.90 Å². The lowest BCUT2D eigenvalue weighted by Crippen LogP contribution is -2.36. The van der Waals surface area contributed by atoms with Crippen molar-refractivity contribution in [1.29, 1.82) is 0 Å². The van der Waals surface area contributed by atoms with Gasteiger partial charge in [-0.2, -0.15) is 15.0 Å². The standard InChI is InChI=1S/C11H16Cl2N4/c1-7(2)8-3-5-17(6-4-8)11-15-9(12)14-10(13)16-11/h7-8H,3-6H2,1-2H3. The molecule has 0 aliphatic carbocycles. The zero-order valence-electron chi connectivity index (χ0n) is 10.0. The second-order valence-electron chi connectivity index (χ2n) is 4.74. The van der Waals surface area contributed by atoms with Gasteiger partial charge in [0.2, 0.25) is 16.5 Å². The van der Waals surface area contributed by atoms with E-state index in [-0.39, 0.29) is 10.6 Å². The third-order valence-electron chi connectivity index (χ3n) is 3.33. The highest BCUT2D eigenvalue weighted by Gasteiger charge is 2.23. The number of rotatable bonds is 2. The summed E-state index contributed by atoms with van der Waals surface area (Å²) < 4.78 is 0. The Labute approximate surface area is 111 Å². The van der Waals surface area contributed by atoms with Gasteiger partial charge in [-0.15, -0.1) is 0 Å². The van der Waals surface area contributed by atoms with Gasteiger partial charge in [-0.1, -0.05) is 13.8 Å². The minimum absolute atomic E-state index is 0.158. The van der Waals surface area contributed by atoms with E-state index < -0.39 is 0 Å². The van der Waals surface area contributed by atoms with Crippen molar-refractivity contribution in [3.63, 3.8) is 0 Å². The molecule has 1 aliphatic rings. The first-order valence-corrected chi connectivity index (χ1v) is 6.64. The van der Waals surface area contributed by atoms with Gasteiger partial charge in [0.05, 0.1) is 0 Å². The molecule has 1 aromatic heterocycles. The first-order chi connectivity index (χ1) is 8.06. The molecule has 94 valence electrons. The Morgan fingerprint density at radius 1 is 1.06 bits per heavy atom. The van der Waals surface area contributed by atoms with Crippen molar-refractivity contribution in [1.82, 2.24) is 15.0 Å². The molecule has 0 unspecified atom stereocenters. The van der Waals surface area contributed by atoms with Crippen molar-refractivity contribution in [3.8, 4) is 0 Å². The van der Waals surface area contributed by atoms with E-state index in [1.807, 2.05) is 0 Å². The Balaban J connectivity index is 2.05. The lowest BCUT2D eigenvalue weighted by molar-refractivity contribution is 0.310. The summed E-state index contributed by atoms with van der Waals surface area (Å²) >= 11 is 11.6. The van der Waals surface area contributed by atoms with Gasteiger partial charge in [0.15, 0.2) is 0 Å². The predicted octanol–water partition coefficient (Wildman–Crippen LogP) is 3.05. The number of aromatic nitrogens is 3. The molecule has 17 heavy (non-hydrogen) atoms. The molecule has 0 bridgehead atoms. The number of anilines is 1. The lowest BCUT2D eigenvalue weighted by atomic mass is 9.87. The van der Waals surface area contributed by atoms with Crippen LogP contribution in [0.15, 0.2) is 0 Å². The van der Waals surface area contributed by atoms with Crippen molar-refractivity contribution in [2.24, 2.45) is 11.8 Å². The van der Waals surface area contributed by atoms with E-state index in [4.69, 9.17) is 23.2 Å². The van der Waals surface area contributed by atoms with E-state index in [0.29, 0.717) is 5.95 Å². The average molecular weight is 275 g/mol. The maximum atomic E-state index is 5.78. The molecule has 0 saturated carbocycles. The predicted molar refractivity (Wildman–Crippen MR) is 69.6 cm³/mol. The van der Waals surface area contributed by atoms with E-state index >= 15 is 0 Å². The van der Waals surface area contributed by atoms with E-state index in [1.54, 1.807) is 0 Å². The maximum absolute atomic E-state index is 5.78. The van der Waals surface area contributed by atoms with Crippen LogP contribution in [0, 0.1) is 11.8 Å². The summed E-state index contributed by atoms with van der Waals surface area (Å²) in [5.41, 5.74) is 0. The number of halogens is 2. The average Bonchev–Trinajstić information content (AvgIpc) is 2.28. The summed E-state index contributed by atoms with van der Waals surface area (Å²) in [6, 6.07) is 0. The third-order valence-corrected chi connectivity index (χ3v) is 3.67. The summed E-state index contributed by atoms with van der Waals surface area (Å²) in [5.74, 6) is 2.12.